The second-order valence-electron chi connectivity index (χ2n) is 8.23. The Morgan fingerprint density at radius 3 is 2.74 bits per heavy atom. The van der Waals surface area contributed by atoms with Crippen LogP contribution in [0.1, 0.15) is 39.4 Å². The fourth-order valence-electron chi connectivity index (χ4n) is 4.78. The van der Waals surface area contributed by atoms with Crippen molar-refractivity contribution in [3.63, 3.8) is 0 Å². The number of rotatable bonds is 3. The van der Waals surface area contributed by atoms with Gasteiger partial charge in [0.2, 0.25) is 0 Å². The number of imidazole rings is 1. The summed E-state index contributed by atoms with van der Waals surface area (Å²) in [5.41, 5.74) is 3.13. The molecule has 8 heteroatoms. The third-order valence-corrected chi connectivity index (χ3v) is 6.34. The van der Waals surface area contributed by atoms with E-state index in [9.17, 15) is 14.7 Å². The van der Waals surface area contributed by atoms with E-state index in [2.05, 4.69) is 15.3 Å². The summed E-state index contributed by atoms with van der Waals surface area (Å²) in [5, 5.41) is 13.1. The Hall–Kier alpha value is -3.39. The average Bonchev–Trinajstić information content (AvgIpc) is 3.16. The summed E-state index contributed by atoms with van der Waals surface area (Å²) in [4.78, 5) is 37.4. The Bertz CT molecular complexity index is 1160. The lowest BCUT2D eigenvalue weighted by molar-refractivity contribution is 0.0203. The zero-order chi connectivity index (χ0) is 21.6. The number of H-pyrrole nitrogens is 1. The smallest absolute Gasteiger partial charge is 0.257 e. The zero-order valence-corrected chi connectivity index (χ0v) is 17.4. The fourth-order valence-corrected chi connectivity index (χ4v) is 4.78. The molecule has 0 bridgehead atoms. The van der Waals surface area contributed by atoms with Gasteiger partial charge < -0.3 is 25.2 Å². The second kappa shape index (κ2) is 7.39. The third kappa shape index (κ3) is 3.23. The van der Waals surface area contributed by atoms with Gasteiger partial charge in [-0.05, 0) is 37.3 Å². The SMILES string of the molecule is Cc1nc2ccc(C(=O)N3CCC4(CC3)Nc3ccccc3C(=O)N4CCO)cc2[nH]1. The number of β-amino-alcohol motifs (C(OH)–C–C–N with tert-alkyl or cyclic N) is 1. The number of fused-ring (bicyclic) bond motifs is 2. The van der Waals surface area contributed by atoms with E-state index < -0.39 is 5.66 Å². The Labute approximate surface area is 179 Å². The summed E-state index contributed by atoms with van der Waals surface area (Å²) in [7, 11) is 0. The lowest BCUT2D eigenvalue weighted by Gasteiger charge is -2.52. The summed E-state index contributed by atoms with van der Waals surface area (Å²) in [6.45, 7) is 3.07. The monoisotopic (exact) mass is 419 g/mol. The Kier molecular flexibility index (Phi) is 4.66. The van der Waals surface area contributed by atoms with E-state index in [0.717, 1.165) is 22.5 Å². The normalized spacial score (nSPS) is 17.7. The molecule has 2 aliphatic rings. The topological polar surface area (TPSA) is 102 Å². The van der Waals surface area contributed by atoms with Crippen molar-refractivity contribution in [3.05, 3.63) is 59.4 Å². The number of nitrogens with one attached hydrogen (secondary N) is 2. The van der Waals surface area contributed by atoms with E-state index in [-0.39, 0.29) is 25.0 Å². The number of hydrogen-bond donors (Lipinski definition) is 3. The molecule has 8 nitrogen and oxygen atoms in total. The largest absolute Gasteiger partial charge is 0.395 e. The molecule has 31 heavy (non-hydrogen) atoms. The first-order valence-electron chi connectivity index (χ1n) is 10.6. The van der Waals surface area contributed by atoms with Gasteiger partial charge in [0.05, 0.1) is 23.2 Å². The van der Waals surface area contributed by atoms with Gasteiger partial charge in [0, 0.05) is 43.7 Å². The Balaban J connectivity index is 1.37. The Morgan fingerprint density at radius 2 is 1.97 bits per heavy atom. The molecule has 2 aliphatic heterocycles. The number of likely N-dealkylation sites (tertiary alicyclic amines) is 1. The molecule has 3 aromatic rings. The highest BCUT2D eigenvalue weighted by atomic mass is 16.3. The van der Waals surface area contributed by atoms with E-state index in [1.165, 1.54) is 0 Å². The van der Waals surface area contributed by atoms with Gasteiger partial charge in [0.15, 0.2) is 0 Å². The summed E-state index contributed by atoms with van der Waals surface area (Å²) in [6, 6.07) is 13.0. The Morgan fingerprint density at radius 1 is 1.19 bits per heavy atom. The lowest BCUT2D eigenvalue weighted by Crippen LogP contribution is -2.65. The summed E-state index contributed by atoms with van der Waals surface area (Å²) < 4.78 is 0. The number of anilines is 1. The highest BCUT2D eigenvalue weighted by molar-refractivity contribution is 6.02. The maximum Gasteiger partial charge on any atom is 0.257 e. The molecule has 0 radical (unpaired) electrons. The molecule has 160 valence electrons. The van der Waals surface area contributed by atoms with Gasteiger partial charge in [0.25, 0.3) is 11.8 Å². The van der Waals surface area contributed by atoms with Crippen molar-refractivity contribution in [3.8, 4) is 0 Å². The van der Waals surface area contributed by atoms with Gasteiger partial charge >= 0.3 is 0 Å². The molecule has 1 aromatic heterocycles. The van der Waals surface area contributed by atoms with E-state index in [1.54, 1.807) is 11.0 Å². The van der Waals surface area contributed by atoms with Crippen molar-refractivity contribution in [2.75, 3.05) is 31.6 Å². The van der Waals surface area contributed by atoms with Crippen LogP contribution >= 0.6 is 0 Å². The third-order valence-electron chi connectivity index (χ3n) is 6.34. The number of carbonyl (C=O) groups is 2. The van der Waals surface area contributed by atoms with Gasteiger partial charge in [-0.25, -0.2) is 4.98 Å². The number of carbonyl (C=O) groups excluding carboxylic acids is 2. The van der Waals surface area contributed by atoms with E-state index in [1.807, 2.05) is 48.2 Å². The number of para-hydroxylation sites is 1. The number of aliphatic hydroxyl groups excluding tert-OH is 1. The minimum atomic E-state index is -0.602. The summed E-state index contributed by atoms with van der Waals surface area (Å²) >= 11 is 0. The molecule has 1 spiro atoms. The summed E-state index contributed by atoms with van der Waals surface area (Å²) in [5.74, 6) is 0.709. The van der Waals surface area contributed by atoms with Gasteiger partial charge in [-0.3, -0.25) is 9.59 Å². The highest BCUT2D eigenvalue weighted by Gasteiger charge is 2.46. The predicted octanol–water partition coefficient (Wildman–Crippen LogP) is 2.36. The number of benzene rings is 2. The highest BCUT2D eigenvalue weighted by Crippen LogP contribution is 2.37. The molecule has 1 fully saturated rings. The van der Waals surface area contributed by atoms with Crippen LogP contribution in [0, 0.1) is 6.92 Å². The first kappa shape index (κ1) is 19.6. The number of hydrogen-bond acceptors (Lipinski definition) is 5. The number of piperidine rings is 1. The molecular weight excluding hydrogens is 394 g/mol. The second-order valence-corrected chi connectivity index (χ2v) is 8.23. The molecule has 2 aromatic carbocycles. The van der Waals surface area contributed by atoms with Crippen LogP contribution in [-0.4, -0.2) is 68.6 Å². The van der Waals surface area contributed by atoms with Gasteiger partial charge in [-0.15, -0.1) is 0 Å². The van der Waals surface area contributed by atoms with Crippen LogP contribution in [0.5, 0.6) is 0 Å². The number of amides is 2. The predicted molar refractivity (Wildman–Crippen MR) is 117 cm³/mol. The van der Waals surface area contributed by atoms with Crippen LogP contribution in [0.25, 0.3) is 11.0 Å². The van der Waals surface area contributed by atoms with Crippen LogP contribution in [-0.2, 0) is 0 Å². The van der Waals surface area contributed by atoms with Crippen LogP contribution in [0.4, 0.5) is 5.69 Å². The van der Waals surface area contributed by atoms with Crippen molar-refractivity contribution in [2.45, 2.75) is 25.4 Å². The molecule has 3 heterocycles. The van der Waals surface area contributed by atoms with Crippen LogP contribution in [0.15, 0.2) is 42.5 Å². The van der Waals surface area contributed by atoms with Gasteiger partial charge in [-0.2, -0.15) is 0 Å². The number of aryl methyl sites for hydroxylation is 1. The van der Waals surface area contributed by atoms with E-state index in [4.69, 9.17) is 0 Å². The van der Waals surface area contributed by atoms with Crippen molar-refractivity contribution < 1.29 is 14.7 Å². The average molecular weight is 419 g/mol. The molecule has 2 amide bonds. The molecule has 1 saturated heterocycles. The van der Waals surface area contributed by atoms with E-state index in [0.29, 0.717) is 37.1 Å². The zero-order valence-electron chi connectivity index (χ0n) is 17.4. The maximum absolute atomic E-state index is 13.1. The van der Waals surface area contributed by atoms with Crippen molar-refractivity contribution in [1.29, 1.82) is 0 Å². The fraction of sp³-hybridized carbons (Fsp3) is 0.348. The summed E-state index contributed by atoms with van der Waals surface area (Å²) in [6.07, 6.45) is 1.18. The molecular formula is C23H25N5O3. The van der Waals surface area contributed by atoms with Crippen LogP contribution < -0.4 is 5.32 Å². The lowest BCUT2D eigenvalue weighted by atomic mass is 9.89. The van der Waals surface area contributed by atoms with Gasteiger partial charge in [0.1, 0.15) is 11.5 Å². The quantitative estimate of drug-likeness (QED) is 0.605. The molecule has 5 rings (SSSR count). The molecule has 0 saturated carbocycles. The number of aliphatic hydroxyl groups is 1. The molecule has 0 atom stereocenters. The van der Waals surface area contributed by atoms with Gasteiger partial charge in [-0.1, -0.05) is 12.1 Å². The molecule has 0 unspecified atom stereocenters. The molecule has 0 aliphatic carbocycles. The standard InChI is InChI=1S/C23H25N5O3/c1-15-24-19-7-6-16(14-20(19)25-15)21(30)27-10-8-23(9-11-27)26-18-5-3-2-4-17(18)22(31)28(23)12-13-29/h2-7,14,26,29H,8-13H2,1H3,(H,24,25). The number of nitrogens with zero attached hydrogens (tertiary/aromatic N) is 3. The van der Waals surface area contributed by atoms with E-state index >= 15 is 0 Å². The van der Waals surface area contributed by atoms with Crippen molar-refractivity contribution in [2.24, 2.45) is 0 Å². The minimum absolute atomic E-state index is 0.0275. The number of aromatic nitrogens is 2. The van der Waals surface area contributed by atoms with Crippen LogP contribution in [0.2, 0.25) is 0 Å². The molecule has 3 N–H and O–H groups in total. The van der Waals surface area contributed by atoms with Crippen molar-refractivity contribution in [1.82, 2.24) is 19.8 Å². The maximum atomic E-state index is 13.1. The first-order valence-corrected chi connectivity index (χ1v) is 10.6. The van der Waals surface area contributed by atoms with Crippen molar-refractivity contribution >= 4 is 28.5 Å². The minimum Gasteiger partial charge on any atom is -0.395 e. The number of aromatic amines is 1. The van der Waals surface area contributed by atoms with Crippen LogP contribution in [0.3, 0.4) is 0 Å². The first-order chi connectivity index (χ1) is 15.0.